The van der Waals surface area contributed by atoms with Crippen molar-refractivity contribution in [3.63, 3.8) is 0 Å². The van der Waals surface area contributed by atoms with E-state index < -0.39 is 22.2 Å². The second-order valence-electron chi connectivity index (χ2n) is 9.09. The Kier molecular flexibility index (Phi) is 10.1. The summed E-state index contributed by atoms with van der Waals surface area (Å²) in [6, 6.07) is 10.8. The number of nitrogens with zero attached hydrogens (tertiary/aromatic N) is 2. The lowest BCUT2D eigenvalue weighted by Gasteiger charge is -2.33. The van der Waals surface area contributed by atoms with Crippen LogP contribution in [0.1, 0.15) is 44.9 Å². The molecule has 1 amide bonds. The van der Waals surface area contributed by atoms with Gasteiger partial charge in [-0.1, -0.05) is 37.5 Å². The molecule has 38 heavy (non-hydrogen) atoms. The monoisotopic (exact) mass is 557 g/mol. The molecule has 2 N–H and O–H groups in total. The average molecular weight is 558 g/mol. The van der Waals surface area contributed by atoms with Gasteiger partial charge in [0, 0.05) is 31.4 Å². The normalized spacial score (nSPS) is 19.1. The zero-order valence-electron chi connectivity index (χ0n) is 20.6. The third-order valence-corrected chi connectivity index (χ3v) is 8.16. The molecule has 1 saturated carbocycles. The minimum atomic E-state index is -5.08. The highest BCUT2D eigenvalue weighted by molar-refractivity contribution is 7.89. The number of alkyl halides is 3. The van der Waals surface area contributed by atoms with Crippen molar-refractivity contribution in [1.29, 1.82) is 0 Å². The number of carbonyl (C=O) groups is 2. The molecule has 1 aromatic carbocycles. The van der Waals surface area contributed by atoms with Crippen molar-refractivity contribution < 1.29 is 41.0 Å². The molecule has 1 aromatic heterocycles. The highest BCUT2D eigenvalue weighted by Crippen LogP contribution is 2.32. The van der Waals surface area contributed by atoms with Gasteiger partial charge in [0.1, 0.15) is 10.6 Å². The summed E-state index contributed by atoms with van der Waals surface area (Å²) in [5, 5.41) is 10.3. The zero-order chi connectivity index (χ0) is 27.8. The fraction of sp³-hybridized carbons (Fsp3) is 0.480. The minimum Gasteiger partial charge on any atom is -0.475 e. The van der Waals surface area contributed by atoms with Gasteiger partial charge in [-0.15, -0.1) is 0 Å². The lowest BCUT2D eigenvalue weighted by atomic mass is 9.93. The van der Waals surface area contributed by atoms with Gasteiger partial charge in [-0.3, -0.25) is 9.78 Å². The molecule has 2 aliphatic rings. The van der Waals surface area contributed by atoms with Gasteiger partial charge in [-0.2, -0.15) is 17.5 Å². The molecule has 208 valence electrons. The molecule has 0 spiro atoms. The van der Waals surface area contributed by atoms with E-state index >= 15 is 0 Å². The van der Waals surface area contributed by atoms with Crippen LogP contribution in [0.2, 0.25) is 0 Å². The van der Waals surface area contributed by atoms with E-state index in [-0.39, 0.29) is 35.1 Å². The van der Waals surface area contributed by atoms with E-state index in [1.165, 1.54) is 23.1 Å². The van der Waals surface area contributed by atoms with Gasteiger partial charge in [0.15, 0.2) is 5.75 Å². The topological polar surface area (TPSA) is 126 Å². The molecule has 1 aliphatic carbocycles. The van der Waals surface area contributed by atoms with Crippen LogP contribution in [0, 0.1) is 5.92 Å². The van der Waals surface area contributed by atoms with E-state index in [0.29, 0.717) is 25.1 Å². The number of pyridine rings is 1. The second kappa shape index (κ2) is 13.1. The SMILES string of the molecule is O=C(NC1CCCCC1)C1CCCN(S(=O)(=O)c2cnccc2Oc2ccccc2)C1.O=C(O)C(F)(F)F. The molecule has 1 atom stereocenters. The van der Waals surface area contributed by atoms with E-state index in [4.69, 9.17) is 14.6 Å². The van der Waals surface area contributed by atoms with Gasteiger partial charge < -0.3 is 15.2 Å². The number of halogens is 3. The molecule has 1 aliphatic heterocycles. The summed E-state index contributed by atoms with van der Waals surface area (Å²) in [6.07, 6.45) is 4.62. The Bertz CT molecular complexity index is 1190. The standard InChI is InChI=1S/C23H29N3O4S.C2HF3O2/c27-23(25-19-9-3-1-4-10-19)18-8-7-15-26(17-18)31(28,29)22-16-24-14-13-21(22)30-20-11-5-2-6-12-20;3-2(4,5)1(6)7/h2,5-6,11-14,16,18-19H,1,3-4,7-10,15,17H2,(H,25,27);(H,6,7). The molecule has 4 rings (SSSR count). The predicted molar refractivity (Wildman–Crippen MR) is 131 cm³/mol. The molecule has 13 heteroatoms. The first kappa shape index (κ1) is 29.4. The van der Waals surface area contributed by atoms with Crippen LogP contribution in [0.3, 0.4) is 0 Å². The lowest BCUT2D eigenvalue weighted by Crippen LogP contribution is -2.47. The van der Waals surface area contributed by atoms with Crippen molar-refractivity contribution in [3.8, 4) is 11.5 Å². The molecule has 2 fully saturated rings. The largest absolute Gasteiger partial charge is 0.490 e. The van der Waals surface area contributed by atoms with Gasteiger partial charge in [0.2, 0.25) is 15.9 Å². The number of aliphatic carboxylic acids is 1. The van der Waals surface area contributed by atoms with Crippen LogP contribution < -0.4 is 10.1 Å². The molecule has 9 nitrogen and oxygen atoms in total. The number of carboxylic acids is 1. The van der Waals surface area contributed by atoms with Crippen molar-refractivity contribution in [2.24, 2.45) is 5.92 Å². The van der Waals surface area contributed by atoms with Crippen LogP contribution in [-0.2, 0) is 19.6 Å². The Morgan fingerprint density at radius 1 is 1.03 bits per heavy atom. The molecular weight excluding hydrogens is 527 g/mol. The van der Waals surface area contributed by atoms with Crippen LogP contribution in [0.5, 0.6) is 11.5 Å². The maximum atomic E-state index is 13.4. The number of para-hydroxylation sites is 1. The first-order chi connectivity index (χ1) is 18.0. The fourth-order valence-electron chi connectivity index (χ4n) is 4.34. The van der Waals surface area contributed by atoms with Crippen LogP contribution in [0.25, 0.3) is 0 Å². The predicted octanol–water partition coefficient (Wildman–Crippen LogP) is 4.36. The smallest absolute Gasteiger partial charge is 0.475 e. The number of piperidine rings is 1. The number of nitrogens with one attached hydrogen (secondary N) is 1. The molecule has 1 unspecified atom stereocenters. The number of benzene rings is 1. The van der Waals surface area contributed by atoms with Crippen LogP contribution in [-0.4, -0.2) is 60.0 Å². The highest BCUT2D eigenvalue weighted by Gasteiger charge is 2.38. The minimum absolute atomic E-state index is 0.0205. The van der Waals surface area contributed by atoms with Gasteiger partial charge >= 0.3 is 12.1 Å². The van der Waals surface area contributed by atoms with E-state index in [2.05, 4.69) is 10.3 Å². The van der Waals surface area contributed by atoms with E-state index in [1.54, 1.807) is 18.2 Å². The Balaban J connectivity index is 0.000000505. The summed E-state index contributed by atoms with van der Waals surface area (Å²) < 4.78 is 65.8. The summed E-state index contributed by atoms with van der Waals surface area (Å²) >= 11 is 0. The van der Waals surface area contributed by atoms with Crippen molar-refractivity contribution in [2.45, 2.75) is 62.1 Å². The Morgan fingerprint density at radius 2 is 1.68 bits per heavy atom. The maximum Gasteiger partial charge on any atom is 0.490 e. The Morgan fingerprint density at radius 3 is 2.32 bits per heavy atom. The molecular formula is C25H30F3N3O6S. The lowest BCUT2D eigenvalue weighted by molar-refractivity contribution is -0.192. The van der Waals surface area contributed by atoms with E-state index in [9.17, 15) is 26.4 Å². The second-order valence-corrected chi connectivity index (χ2v) is 11.0. The fourth-order valence-corrected chi connectivity index (χ4v) is 5.92. The van der Waals surface area contributed by atoms with Crippen molar-refractivity contribution in [2.75, 3.05) is 13.1 Å². The van der Waals surface area contributed by atoms with Gasteiger partial charge in [-0.25, -0.2) is 13.2 Å². The average Bonchev–Trinajstić information content (AvgIpc) is 2.90. The number of amides is 1. The van der Waals surface area contributed by atoms with Crippen LogP contribution >= 0.6 is 0 Å². The van der Waals surface area contributed by atoms with E-state index in [1.807, 2.05) is 18.2 Å². The van der Waals surface area contributed by atoms with Gasteiger partial charge in [0.05, 0.1) is 12.1 Å². The van der Waals surface area contributed by atoms with Crippen LogP contribution in [0.4, 0.5) is 13.2 Å². The molecule has 0 bridgehead atoms. The zero-order valence-corrected chi connectivity index (χ0v) is 21.4. The van der Waals surface area contributed by atoms with E-state index in [0.717, 1.165) is 25.7 Å². The first-order valence-electron chi connectivity index (χ1n) is 12.3. The molecule has 2 aromatic rings. The Hall–Kier alpha value is -3.19. The summed E-state index contributed by atoms with van der Waals surface area (Å²) in [4.78, 5) is 25.7. The number of hydrogen-bond acceptors (Lipinski definition) is 6. The van der Waals surface area contributed by atoms with Crippen molar-refractivity contribution in [1.82, 2.24) is 14.6 Å². The summed E-state index contributed by atoms with van der Waals surface area (Å²) in [5.74, 6) is -2.34. The number of aromatic nitrogens is 1. The van der Waals surface area contributed by atoms with Gasteiger partial charge in [0.25, 0.3) is 0 Å². The highest BCUT2D eigenvalue weighted by atomic mass is 32.2. The van der Waals surface area contributed by atoms with Crippen LogP contribution in [0.15, 0.2) is 53.7 Å². The number of ether oxygens (including phenoxy) is 1. The summed E-state index contributed by atoms with van der Waals surface area (Å²) in [5.41, 5.74) is 0. The number of hydrogen-bond donors (Lipinski definition) is 2. The Labute approximate surface area is 219 Å². The summed E-state index contributed by atoms with van der Waals surface area (Å²) in [6.45, 7) is 0.565. The quantitative estimate of drug-likeness (QED) is 0.541. The number of carboxylic acid groups (broad SMARTS) is 1. The molecule has 2 heterocycles. The third kappa shape index (κ3) is 8.15. The van der Waals surface area contributed by atoms with Gasteiger partial charge in [-0.05, 0) is 37.8 Å². The summed E-state index contributed by atoms with van der Waals surface area (Å²) in [7, 11) is -3.85. The maximum absolute atomic E-state index is 13.4. The first-order valence-corrected chi connectivity index (χ1v) is 13.7. The van der Waals surface area contributed by atoms with Crippen molar-refractivity contribution in [3.05, 3.63) is 48.8 Å². The third-order valence-electron chi connectivity index (χ3n) is 6.28. The number of carbonyl (C=O) groups excluding carboxylic acids is 1. The molecule has 1 saturated heterocycles. The number of sulfonamides is 1. The van der Waals surface area contributed by atoms with Crippen molar-refractivity contribution >= 4 is 21.9 Å². The molecule has 0 radical (unpaired) electrons. The number of rotatable bonds is 6.